The van der Waals surface area contributed by atoms with Gasteiger partial charge in [0.05, 0.1) is 4.90 Å². The van der Waals surface area contributed by atoms with Crippen LogP contribution in [0, 0.1) is 0 Å². The van der Waals surface area contributed by atoms with Crippen LogP contribution < -0.4 is 10.2 Å². The molecule has 1 aromatic carbocycles. The molecule has 0 spiro atoms. The number of morpholine rings is 1. The number of rotatable bonds is 5. The quantitative estimate of drug-likeness (QED) is 0.757. The number of quaternary nitrogens is 1. The molecule has 1 unspecified atom stereocenters. The van der Waals surface area contributed by atoms with Gasteiger partial charge in [0.15, 0.2) is 6.54 Å². The van der Waals surface area contributed by atoms with E-state index in [4.69, 9.17) is 4.74 Å². The lowest BCUT2D eigenvalue weighted by molar-refractivity contribution is -0.907. The van der Waals surface area contributed by atoms with Gasteiger partial charge >= 0.3 is 0 Å². The van der Waals surface area contributed by atoms with Gasteiger partial charge in [0, 0.05) is 18.8 Å². The molecule has 0 bridgehead atoms. The van der Waals surface area contributed by atoms with Crippen LogP contribution in [-0.2, 0) is 19.6 Å². The molecule has 8 heteroatoms. The van der Waals surface area contributed by atoms with E-state index in [1.54, 1.807) is 24.3 Å². The summed E-state index contributed by atoms with van der Waals surface area (Å²) >= 11 is 0. The van der Waals surface area contributed by atoms with Crippen molar-refractivity contribution >= 4 is 21.6 Å². The average molecular weight is 383 g/mol. The van der Waals surface area contributed by atoms with Crippen LogP contribution in [0.15, 0.2) is 29.2 Å². The van der Waals surface area contributed by atoms with Gasteiger partial charge in [0.2, 0.25) is 10.0 Å². The molecule has 7 nitrogen and oxygen atoms in total. The highest BCUT2D eigenvalue weighted by molar-refractivity contribution is 7.89. The number of carbonyl (C=O) groups is 1. The number of nitrogens with zero attached hydrogens (tertiary/aromatic N) is 1. The summed E-state index contributed by atoms with van der Waals surface area (Å²) in [7, 11) is -3.42. The maximum Gasteiger partial charge on any atom is 0.279 e. The molecule has 0 aromatic heterocycles. The molecule has 3 atom stereocenters. The smallest absolute Gasteiger partial charge is 0.279 e. The van der Waals surface area contributed by atoms with Crippen LogP contribution in [0.2, 0.25) is 0 Å². The lowest BCUT2D eigenvalue weighted by Gasteiger charge is -2.31. The number of benzene rings is 1. The Bertz CT molecular complexity index is 719. The second kappa shape index (κ2) is 8.04. The number of carbonyl (C=O) groups excluding carboxylic acids is 1. The first-order valence-corrected chi connectivity index (χ1v) is 10.7. The SMILES string of the molecule is C[C@@H]1C[NH+](CC(=O)Nc2ccc(S(=O)(=O)N3CCCC3)cc2)C[C@H](C)O1. The van der Waals surface area contributed by atoms with E-state index in [1.807, 2.05) is 13.8 Å². The van der Waals surface area contributed by atoms with Crippen LogP contribution in [0.5, 0.6) is 0 Å². The fraction of sp³-hybridized carbons (Fsp3) is 0.611. The summed E-state index contributed by atoms with van der Waals surface area (Å²) in [5.74, 6) is -0.0727. The number of anilines is 1. The van der Waals surface area contributed by atoms with Crippen molar-refractivity contribution in [1.29, 1.82) is 0 Å². The maximum atomic E-state index is 12.5. The van der Waals surface area contributed by atoms with Crippen molar-refractivity contribution in [3.63, 3.8) is 0 Å². The molecule has 2 fully saturated rings. The fourth-order valence-electron chi connectivity index (χ4n) is 3.75. The number of ether oxygens (including phenoxy) is 1. The first kappa shape index (κ1) is 19.3. The van der Waals surface area contributed by atoms with Crippen molar-refractivity contribution in [3.05, 3.63) is 24.3 Å². The van der Waals surface area contributed by atoms with Crippen LogP contribution in [0.3, 0.4) is 0 Å². The van der Waals surface area contributed by atoms with Gasteiger partial charge in [-0.3, -0.25) is 4.79 Å². The van der Waals surface area contributed by atoms with Crippen LogP contribution in [0.4, 0.5) is 5.69 Å². The number of nitrogens with one attached hydrogen (secondary N) is 2. The van der Waals surface area contributed by atoms with Gasteiger partial charge in [0.1, 0.15) is 25.3 Å². The molecule has 3 rings (SSSR count). The molecular formula is C18H28N3O4S+. The molecule has 2 heterocycles. The number of hydrogen-bond acceptors (Lipinski definition) is 4. The van der Waals surface area contributed by atoms with Crippen LogP contribution in [-0.4, -0.2) is 63.6 Å². The Morgan fingerprint density at radius 1 is 1.15 bits per heavy atom. The molecule has 144 valence electrons. The number of hydrogen-bond donors (Lipinski definition) is 2. The summed E-state index contributed by atoms with van der Waals surface area (Å²) in [6, 6.07) is 6.44. The molecule has 2 saturated heterocycles. The molecule has 0 radical (unpaired) electrons. The van der Waals surface area contributed by atoms with E-state index in [2.05, 4.69) is 5.32 Å². The summed E-state index contributed by atoms with van der Waals surface area (Å²) in [4.78, 5) is 13.8. The van der Waals surface area contributed by atoms with Crippen molar-refractivity contribution in [2.45, 2.75) is 43.8 Å². The van der Waals surface area contributed by atoms with Crippen LogP contribution >= 0.6 is 0 Å². The van der Waals surface area contributed by atoms with Gasteiger partial charge in [-0.05, 0) is 51.0 Å². The van der Waals surface area contributed by atoms with Crippen molar-refractivity contribution in [3.8, 4) is 0 Å². The molecule has 0 aliphatic carbocycles. The van der Waals surface area contributed by atoms with E-state index < -0.39 is 10.0 Å². The van der Waals surface area contributed by atoms with E-state index in [1.165, 1.54) is 9.21 Å². The molecule has 1 aromatic rings. The minimum Gasteiger partial charge on any atom is -0.364 e. The van der Waals surface area contributed by atoms with Gasteiger partial charge in [-0.15, -0.1) is 0 Å². The summed E-state index contributed by atoms with van der Waals surface area (Å²) in [5.41, 5.74) is 0.615. The standard InChI is InChI=1S/C18H27N3O4S/c1-14-11-20(12-15(2)25-14)13-18(22)19-16-5-7-17(8-6-16)26(23,24)21-9-3-4-10-21/h5-8,14-15H,3-4,9-13H2,1-2H3,(H,19,22)/p+1/t14-,15+. The third-order valence-corrected chi connectivity index (χ3v) is 6.78. The molecule has 2 N–H and O–H groups in total. The predicted molar refractivity (Wildman–Crippen MR) is 98.6 cm³/mol. The Morgan fingerprint density at radius 2 is 1.73 bits per heavy atom. The Hall–Kier alpha value is -1.48. The second-order valence-corrected chi connectivity index (χ2v) is 9.21. The van der Waals surface area contributed by atoms with Crippen molar-refractivity contribution in [2.75, 3.05) is 38.0 Å². The maximum absolute atomic E-state index is 12.5. The average Bonchev–Trinajstić information content (AvgIpc) is 3.09. The topological polar surface area (TPSA) is 80.2 Å². The minimum atomic E-state index is -3.42. The summed E-state index contributed by atoms with van der Waals surface area (Å²) < 4.78 is 32.2. The monoisotopic (exact) mass is 382 g/mol. The molecule has 1 amide bonds. The van der Waals surface area contributed by atoms with Gasteiger partial charge in [-0.25, -0.2) is 8.42 Å². The first-order chi connectivity index (χ1) is 12.3. The number of amides is 1. The van der Waals surface area contributed by atoms with E-state index in [0.29, 0.717) is 25.3 Å². The van der Waals surface area contributed by atoms with Gasteiger partial charge in [0.25, 0.3) is 5.91 Å². The third-order valence-electron chi connectivity index (χ3n) is 4.87. The lowest BCUT2D eigenvalue weighted by Crippen LogP contribution is -3.16. The Kier molecular flexibility index (Phi) is 5.96. The highest BCUT2D eigenvalue weighted by Gasteiger charge is 2.28. The second-order valence-electron chi connectivity index (χ2n) is 7.28. The molecule has 2 aliphatic heterocycles. The third kappa shape index (κ3) is 4.62. The molecular weight excluding hydrogens is 354 g/mol. The largest absolute Gasteiger partial charge is 0.364 e. The zero-order chi connectivity index (χ0) is 18.7. The highest BCUT2D eigenvalue weighted by Crippen LogP contribution is 2.22. The van der Waals surface area contributed by atoms with Crippen LogP contribution in [0.1, 0.15) is 26.7 Å². The van der Waals surface area contributed by atoms with Gasteiger partial charge < -0.3 is 15.0 Å². The first-order valence-electron chi connectivity index (χ1n) is 9.23. The number of sulfonamides is 1. The zero-order valence-corrected chi connectivity index (χ0v) is 16.2. The van der Waals surface area contributed by atoms with Crippen molar-refractivity contribution in [2.24, 2.45) is 0 Å². The summed E-state index contributed by atoms with van der Waals surface area (Å²) in [5, 5.41) is 2.86. The lowest BCUT2D eigenvalue weighted by atomic mass is 10.2. The Labute approximate surface area is 155 Å². The normalized spacial score (nSPS) is 27.4. The summed E-state index contributed by atoms with van der Waals surface area (Å²) in [6.07, 6.45) is 2.12. The van der Waals surface area contributed by atoms with Gasteiger partial charge in [-0.1, -0.05) is 0 Å². The molecule has 26 heavy (non-hydrogen) atoms. The van der Waals surface area contributed by atoms with Crippen molar-refractivity contribution in [1.82, 2.24) is 4.31 Å². The van der Waals surface area contributed by atoms with E-state index in [9.17, 15) is 13.2 Å². The molecule has 0 saturated carbocycles. The zero-order valence-electron chi connectivity index (χ0n) is 15.4. The van der Waals surface area contributed by atoms with E-state index >= 15 is 0 Å². The predicted octanol–water partition coefficient (Wildman–Crippen LogP) is 0.102. The van der Waals surface area contributed by atoms with Crippen molar-refractivity contribution < 1.29 is 22.8 Å². The Morgan fingerprint density at radius 3 is 2.31 bits per heavy atom. The molecule has 2 aliphatic rings. The van der Waals surface area contributed by atoms with Crippen LogP contribution in [0.25, 0.3) is 0 Å². The Balaban J connectivity index is 1.58. The van der Waals surface area contributed by atoms with Gasteiger partial charge in [-0.2, -0.15) is 4.31 Å². The van der Waals surface area contributed by atoms with E-state index in [-0.39, 0.29) is 23.0 Å². The highest BCUT2D eigenvalue weighted by atomic mass is 32.2. The minimum absolute atomic E-state index is 0.0727. The summed E-state index contributed by atoms with van der Waals surface area (Å²) in [6.45, 7) is 7.21. The van der Waals surface area contributed by atoms with E-state index in [0.717, 1.165) is 25.9 Å². The fourth-order valence-corrected chi connectivity index (χ4v) is 5.27.